The van der Waals surface area contributed by atoms with E-state index in [0.29, 0.717) is 12.0 Å². The van der Waals surface area contributed by atoms with Gasteiger partial charge < -0.3 is 4.90 Å². The predicted octanol–water partition coefficient (Wildman–Crippen LogP) is 1.54. The zero-order valence-corrected chi connectivity index (χ0v) is 14.6. The van der Waals surface area contributed by atoms with Crippen LogP contribution >= 0.6 is 0 Å². The summed E-state index contributed by atoms with van der Waals surface area (Å²) in [4.78, 5) is 18.5. The highest BCUT2D eigenvalue weighted by atomic mass is 16.2. The monoisotopic (exact) mass is 326 g/mol. The van der Waals surface area contributed by atoms with E-state index in [1.165, 1.54) is 5.56 Å². The average molecular weight is 326 g/mol. The van der Waals surface area contributed by atoms with Crippen molar-refractivity contribution < 1.29 is 4.79 Å². The van der Waals surface area contributed by atoms with E-state index in [1.807, 2.05) is 23.1 Å². The lowest BCUT2D eigenvalue weighted by molar-refractivity contribution is -0.130. The Balaban J connectivity index is 1.57. The molecular formula is C19H26N4O. The summed E-state index contributed by atoms with van der Waals surface area (Å²) in [5.74, 6) is 0.821. The highest BCUT2D eigenvalue weighted by Crippen LogP contribution is 2.24. The van der Waals surface area contributed by atoms with Crippen molar-refractivity contribution in [2.24, 2.45) is 5.92 Å². The normalized spacial score (nSPS) is 25.6. The lowest BCUT2D eigenvalue weighted by Crippen LogP contribution is -2.53. The van der Waals surface area contributed by atoms with Gasteiger partial charge in [0.25, 0.3) is 0 Å². The van der Waals surface area contributed by atoms with Crippen LogP contribution in [0.3, 0.4) is 0 Å². The number of hydrogen-bond acceptors (Lipinski definition) is 4. The van der Waals surface area contributed by atoms with Gasteiger partial charge in [0.05, 0.1) is 11.6 Å². The standard InChI is InChI=1S/C19H26N4O/c1-15-12-21(13-18-5-3-4-17(10-18)11-20)14-19(15)23-8-6-22(7-9-23)16(2)24/h3-5,10,15,19H,6-9,12-14H2,1-2H3/t15-,19-/m0/s1. The van der Waals surface area contributed by atoms with Gasteiger partial charge in [0.1, 0.15) is 0 Å². The van der Waals surface area contributed by atoms with Gasteiger partial charge >= 0.3 is 0 Å². The third-order valence-electron chi connectivity index (χ3n) is 5.34. The van der Waals surface area contributed by atoms with Crippen LogP contribution in [0.1, 0.15) is 25.0 Å². The van der Waals surface area contributed by atoms with Crippen LogP contribution in [0, 0.1) is 17.2 Å². The third-order valence-corrected chi connectivity index (χ3v) is 5.34. The van der Waals surface area contributed by atoms with Crippen molar-refractivity contribution in [3.8, 4) is 6.07 Å². The van der Waals surface area contributed by atoms with Crippen LogP contribution in [0.5, 0.6) is 0 Å². The van der Waals surface area contributed by atoms with E-state index in [2.05, 4.69) is 28.9 Å². The highest BCUT2D eigenvalue weighted by molar-refractivity contribution is 5.73. The molecule has 0 spiro atoms. The molecule has 0 aromatic heterocycles. The summed E-state index contributed by atoms with van der Waals surface area (Å²) < 4.78 is 0. The number of nitriles is 1. The lowest BCUT2D eigenvalue weighted by atomic mass is 10.0. The topological polar surface area (TPSA) is 50.6 Å². The van der Waals surface area contributed by atoms with Gasteiger partial charge in [-0.3, -0.25) is 14.6 Å². The van der Waals surface area contributed by atoms with Crippen molar-refractivity contribution in [2.45, 2.75) is 26.4 Å². The first kappa shape index (κ1) is 16.9. The largest absolute Gasteiger partial charge is 0.340 e. The fourth-order valence-electron chi connectivity index (χ4n) is 4.02. The van der Waals surface area contributed by atoms with Crippen LogP contribution in [0.4, 0.5) is 0 Å². The zero-order chi connectivity index (χ0) is 17.1. The van der Waals surface area contributed by atoms with Crippen molar-refractivity contribution in [2.75, 3.05) is 39.3 Å². The van der Waals surface area contributed by atoms with Gasteiger partial charge in [0.15, 0.2) is 0 Å². The fourth-order valence-corrected chi connectivity index (χ4v) is 4.02. The average Bonchev–Trinajstić information content (AvgIpc) is 2.95. The summed E-state index contributed by atoms with van der Waals surface area (Å²) >= 11 is 0. The molecule has 0 saturated carbocycles. The first-order chi connectivity index (χ1) is 11.6. The van der Waals surface area contributed by atoms with E-state index in [1.54, 1.807) is 6.92 Å². The molecule has 2 aliphatic rings. The van der Waals surface area contributed by atoms with Crippen LogP contribution < -0.4 is 0 Å². The summed E-state index contributed by atoms with van der Waals surface area (Å²) in [5.41, 5.74) is 1.94. The Morgan fingerprint density at radius 3 is 2.67 bits per heavy atom. The van der Waals surface area contributed by atoms with Gasteiger partial charge in [-0.2, -0.15) is 5.26 Å². The summed E-state index contributed by atoms with van der Waals surface area (Å²) in [7, 11) is 0. The number of amides is 1. The molecule has 0 N–H and O–H groups in total. The second-order valence-electron chi connectivity index (χ2n) is 7.09. The van der Waals surface area contributed by atoms with Crippen LogP contribution in [-0.4, -0.2) is 65.9 Å². The molecule has 3 rings (SSSR count). The molecule has 5 heteroatoms. The van der Waals surface area contributed by atoms with Gasteiger partial charge in [-0.15, -0.1) is 0 Å². The zero-order valence-electron chi connectivity index (χ0n) is 14.6. The van der Waals surface area contributed by atoms with Gasteiger partial charge in [-0.1, -0.05) is 19.1 Å². The molecule has 2 saturated heterocycles. The molecular weight excluding hydrogens is 300 g/mol. The molecule has 2 atom stereocenters. The quantitative estimate of drug-likeness (QED) is 0.845. The van der Waals surface area contributed by atoms with Crippen LogP contribution in [-0.2, 0) is 11.3 Å². The van der Waals surface area contributed by atoms with E-state index < -0.39 is 0 Å². The van der Waals surface area contributed by atoms with Gasteiger partial charge in [0.2, 0.25) is 5.91 Å². The fraction of sp³-hybridized carbons (Fsp3) is 0.579. The van der Waals surface area contributed by atoms with Gasteiger partial charge in [0, 0.05) is 58.8 Å². The number of benzene rings is 1. The highest BCUT2D eigenvalue weighted by Gasteiger charge is 2.35. The van der Waals surface area contributed by atoms with E-state index in [-0.39, 0.29) is 5.91 Å². The molecule has 1 aromatic carbocycles. The Morgan fingerprint density at radius 1 is 1.25 bits per heavy atom. The summed E-state index contributed by atoms with van der Waals surface area (Å²) in [5, 5.41) is 9.04. The van der Waals surface area contributed by atoms with E-state index >= 15 is 0 Å². The van der Waals surface area contributed by atoms with Crippen LogP contribution in [0.15, 0.2) is 24.3 Å². The number of rotatable bonds is 3. The lowest BCUT2D eigenvalue weighted by Gasteiger charge is -2.39. The second kappa shape index (κ2) is 7.33. The molecule has 2 aliphatic heterocycles. The Kier molecular flexibility index (Phi) is 5.17. The number of likely N-dealkylation sites (tertiary alicyclic amines) is 1. The summed E-state index contributed by atoms with van der Waals surface area (Å²) in [6, 6.07) is 10.7. The minimum Gasteiger partial charge on any atom is -0.340 e. The van der Waals surface area contributed by atoms with Crippen molar-refractivity contribution in [1.29, 1.82) is 5.26 Å². The molecule has 5 nitrogen and oxygen atoms in total. The SMILES string of the molecule is CC(=O)N1CCN([C@H]2CN(Cc3cccc(C#N)c3)C[C@@H]2C)CC1. The molecule has 2 heterocycles. The third kappa shape index (κ3) is 3.77. The summed E-state index contributed by atoms with van der Waals surface area (Å²) in [6.07, 6.45) is 0. The van der Waals surface area contributed by atoms with Crippen molar-refractivity contribution in [3.63, 3.8) is 0 Å². The van der Waals surface area contributed by atoms with E-state index in [4.69, 9.17) is 5.26 Å². The maximum Gasteiger partial charge on any atom is 0.219 e. The molecule has 128 valence electrons. The van der Waals surface area contributed by atoms with Gasteiger partial charge in [-0.05, 0) is 23.6 Å². The number of carbonyl (C=O) groups excluding carboxylic acids is 1. The van der Waals surface area contributed by atoms with Crippen molar-refractivity contribution in [3.05, 3.63) is 35.4 Å². The number of carbonyl (C=O) groups is 1. The predicted molar refractivity (Wildman–Crippen MR) is 93.2 cm³/mol. The van der Waals surface area contributed by atoms with Crippen LogP contribution in [0.25, 0.3) is 0 Å². The first-order valence-corrected chi connectivity index (χ1v) is 8.78. The maximum atomic E-state index is 11.5. The minimum atomic E-state index is 0.188. The van der Waals surface area contributed by atoms with Crippen LogP contribution in [0.2, 0.25) is 0 Å². The number of hydrogen-bond donors (Lipinski definition) is 0. The Morgan fingerprint density at radius 2 is 2.00 bits per heavy atom. The molecule has 0 radical (unpaired) electrons. The molecule has 0 unspecified atom stereocenters. The van der Waals surface area contributed by atoms with Crippen molar-refractivity contribution >= 4 is 5.91 Å². The van der Waals surface area contributed by atoms with E-state index in [0.717, 1.165) is 51.4 Å². The Labute approximate surface area is 144 Å². The van der Waals surface area contributed by atoms with Gasteiger partial charge in [-0.25, -0.2) is 0 Å². The molecule has 1 aromatic rings. The van der Waals surface area contributed by atoms with Crippen molar-refractivity contribution in [1.82, 2.24) is 14.7 Å². The molecule has 24 heavy (non-hydrogen) atoms. The van der Waals surface area contributed by atoms with E-state index in [9.17, 15) is 4.79 Å². The number of piperazine rings is 1. The smallest absolute Gasteiger partial charge is 0.219 e. The molecule has 0 aliphatic carbocycles. The first-order valence-electron chi connectivity index (χ1n) is 8.78. The molecule has 2 fully saturated rings. The molecule has 0 bridgehead atoms. The Bertz CT molecular complexity index is 630. The Hall–Kier alpha value is -1.90. The number of nitrogens with zero attached hydrogens (tertiary/aromatic N) is 4. The second-order valence-corrected chi connectivity index (χ2v) is 7.09. The maximum absolute atomic E-state index is 11.5. The summed E-state index contributed by atoms with van der Waals surface area (Å²) in [6.45, 7) is 10.7. The minimum absolute atomic E-state index is 0.188. The molecule has 1 amide bonds.